The molecule has 3 rings (SSSR count). The van der Waals surface area contributed by atoms with Gasteiger partial charge in [-0.3, -0.25) is 4.99 Å². The number of benzene rings is 1. The average Bonchev–Trinajstić information content (AvgIpc) is 3.28. The van der Waals surface area contributed by atoms with Gasteiger partial charge in [0.15, 0.2) is 17.5 Å². The molecular weight excluding hydrogens is 366 g/mol. The standard InChI is InChI=1S/C22H33N5O2/c1-5-24-22(25-10-8-18-6-7-20(28-3)21(14-18)29-4)26-12-9-17(2)19(15-26)27-13-11-23-16-27/h6-7,11,13-14,16-17,19H,5,8-10,12,15H2,1-4H3,(H,24,25). The average molecular weight is 400 g/mol. The van der Waals surface area contributed by atoms with Crippen LogP contribution in [0.4, 0.5) is 0 Å². The summed E-state index contributed by atoms with van der Waals surface area (Å²) in [5.41, 5.74) is 1.19. The molecule has 2 atom stereocenters. The first-order valence-electron chi connectivity index (χ1n) is 10.4. The Morgan fingerprint density at radius 3 is 2.79 bits per heavy atom. The maximum Gasteiger partial charge on any atom is 0.193 e. The zero-order valence-corrected chi connectivity index (χ0v) is 18.0. The van der Waals surface area contributed by atoms with Crippen LogP contribution in [0.25, 0.3) is 0 Å². The molecule has 7 nitrogen and oxygen atoms in total. The fourth-order valence-corrected chi connectivity index (χ4v) is 3.85. The van der Waals surface area contributed by atoms with Crippen molar-refractivity contribution in [1.82, 2.24) is 19.8 Å². The van der Waals surface area contributed by atoms with Crippen molar-refractivity contribution in [3.63, 3.8) is 0 Å². The summed E-state index contributed by atoms with van der Waals surface area (Å²) >= 11 is 0. The fraction of sp³-hybridized carbons (Fsp3) is 0.545. The van der Waals surface area contributed by atoms with Crippen LogP contribution in [0, 0.1) is 5.92 Å². The van der Waals surface area contributed by atoms with Crippen molar-refractivity contribution in [2.75, 3.05) is 40.4 Å². The van der Waals surface area contributed by atoms with E-state index in [9.17, 15) is 0 Å². The lowest BCUT2D eigenvalue weighted by molar-refractivity contribution is 0.189. The van der Waals surface area contributed by atoms with Crippen LogP contribution in [0.3, 0.4) is 0 Å². The highest BCUT2D eigenvalue weighted by Crippen LogP contribution is 2.28. The number of nitrogens with zero attached hydrogens (tertiary/aromatic N) is 4. The van der Waals surface area contributed by atoms with E-state index in [0.29, 0.717) is 12.0 Å². The zero-order valence-electron chi connectivity index (χ0n) is 18.0. The molecule has 7 heteroatoms. The number of hydrogen-bond acceptors (Lipinski definition) is 4. The number of nitrogens with one attached hydrogen (secondary N) is 1. The summed E-state index contributed by atoms with van der Waals surface area (Å²) in [6.45, 7) is 7.98. The van der Waals surface area contributed by atoms with Crippen LogP contribution in [0.15, 0.2) is 41.9 Å². The van der Waals surface area contributed by atoms with Gasteiger partial charge in [0.2, 0.25) is 0 Å². The number of methoxy groups -OCH3 is 2. The minimum absolute atomic E-state index is 0.418. The van der Waals surface area contributed by atoms with Gasteiger partial charge in [-0.1, -0.05) is 13.0 Å². The van der Waals surface area contributed by atoms with E-state index in [-0.39, 0.29) is 0 Å². The molecule has 1 N–H and O–H groups in total. The molecule has 1 aromatic carbocycles. The number of ether oxygens (including phenoxy) is 2. The highest BCUT2D eigenvalue weighted by atomic mass is 16.5. The van der Waals surface area contributed by atoms with Crippen molar-refractivity contribution in [1.29, 1.82) is 0 Å². The topological polar surface area (TPSA) is 63.9 Å². The lowest BCUT2D eigenvalue weighted by atomic mass is 9.93. The Morgan fingerprint density at radius 1 is 1.28 bits per heavy atom. The third-order valence-corrected chi connectivity index (χ3v) is 5.57. The largest absolute Gasteiger partial charge is 0.493 e. The van der Waals surface area contributed by atoms with Crippen molar-refractivity contribution in [3.8, 4) is 11.5 Å². The van der Waals surface area contributed by atoms with Crippen LogP contribution < -0.4 is 14.8 Å². The van der Waals surface area contributed by atoms with Crippen molar-refractivity contribution in [2.24, 2.45) is 10.9 Å². The molecule has 0 saturated carbocycles. The normalized spacial score (nSPS) is 19.9. The third-order valence-electron chi connectivity index (χ3n) is 5.57. The van der Waals surface area contributed by atoms with E-state index < -0.39 is 0 Å². The summed E-state index contributed by atoms with van der Waals surface area (Å²) in [5, 5.41) is 3.47. The van der Waals surface area contributed by atoms with Crippen LogP contribution in [-0.2, 0) is 6.42 Å². The van der Waals surface area contributed by atoms with E-state index in [0.717, 1.165) is 56.5 Å². The highest BCUT2D eigenvalue weighted by molar-refractivity contribution is 5.80. The number of imidazole rings is 1. The molecule has 2 aromatic rings. The zero-order chi connectivity index (χ0) is 20.6. The van der Waals surface area contributed by atoms with Gasteiger partial charge in [0, 0.05) is 38.6 Å². The van der Waals surface area contributed by atoms with Crippen LogP contribution >= 0.6 is 0 Å². The minimum Gasteiger partial charge on any atom is -0.493 e. The molecule has 1 saturated heterocycles. The van der Waals surface area contributed by atoms with Gasteiger partial charge in [-0.15, -0.1) is 0 Å². The van der Waals surface area contributed by atoms with Crippen LogP contribution in [0.2, 0.25) is 0 Å². The number of piperidine rings is 1. The number of hydrogen-bond donors (Lipinski definition) is 1. The van der Waals surface area contributed by atoms with Gasteiger partial charge in [0.1, 0.15) is 0 Å². The Balaban J connectivity index is 1.66. The van der Waals surface area contributed by atoms with E-state index in [1.165, 1.54) is 5.56 Å². The maximum atomic E-state index is 5.41. The van der Waals surface area contributed by atoms with E-state index in [1.54, 1.807) is 14.2 Å². The lowest BCUT2D eigenvalue weighted by Gasteiger charge is -2.39. The summed E-state index contributed by atoms with van der Waals surface area (Å²) in [5.74, 6) is 3.12. The number of guanidine groups is 1. The number of aliphatic imine (C=N–C) groups is 1. The summed E-state index contributed by atoms with van der Waals surface area (Å²) in [6.07, 6.45) is 7.83. The second-order valence-electron chi connectivity index (χ2n) is 7.46. The minimum atomic E-state index is 0.418. The SMILES string of the molecule is CCNC(=NCCc1ccc(OC)c(OC)c1)N1CCC(C)C(n2ccnc2)C1. The quantitative estimate of drug-likeness (QED) is 0.573. The van der Waals surface area contributed by atoms with E-state index in [2.05, 4.69) is 45.9 Å². The predicted octanol–water partition coefficient (Wildman–Crippen LogP) is 2.99. The first-order chi connectivity index (χ1) is 14.2. The lowest BCUT2D eigenvalue weighted by Crippen LogP contribution is -2.49. The highest BCUT2D eigenvalue weighted by Gasteiger charge is 2.28. The van der Waals surface area contributed by atoms with Gasteiger partial charge in [0.25, 0.3) is 0 Å². The Labute approximate surface area is 173 Å². The molecule has 0 spiro atoms. The summed E-state index contributed by atoms with van der Waals surface area (Å²) in [6, 6.07) is 6.46. The fourth-order valence-electron chi connectivity index (χ4n) is 3.85. The third kappa shape index (κ3) is 5.22. The van der Waals surface area contributed by atoms with Crippen molar-refractivity contribution in [3.05, 3.63) is 42.5 Å². The number of likely N-dealkylation sites (tertiary alicyclic amines) is 1. The second-order valence-corrected chi connectivity index (χ2v) is 7.46. The molecule has 2 unspecified atom stereocenters. The maximum absolute atomic E-state index is 5.41. The van der Waals surface area contributed by atoms with E-state index >= 15 is 0 Å². The molecule has 1 aromatic heterocycles. The molecule has 0 bridgehead atoms. The van der Waals surface area contributed by atoms with Crippen LogP contribution in [0.5, 0.6) is 11.5 Å². The molecule has 158 valence electrons. The molecule has 0 radical (unpaired) electrons. The van der Waals surface area contributed by atoms with Crippen molar-refractivity contribution in [2.45, 2.75) is 32.7 Å². The summed E-state index contributed by atoms with van der Waals surface area (Å²) in [4.78, 5) is 11.5. The van der Waals surface area contributed by atoms with Gasteiger partial charge >= 0.3 is 0 Å². The van der Waals surface area contributed by atoms with Crippen LogP contribution in [-0.4, -0.2) is 60.8 Å². The molecule has 1 fully saturated rings. The Bertz CT molecular complexity index is 791. The molecule has 29 heavy (non-hydrogen) atoms. The molecule has 1 aliphatic rings. The first kappa shape index (κ1) is 21.0. The van der Waals surface area contributed by atoms with Crippen LogP contribution in [0.1, 0.15) is 31.9 Å². The predicted molar refractivity (Wildman–Crippen MR) is 116 cm³/mol. The van der Waals surface area contributed by atoms with Gasteiger partial charge in [-0.05, 0) is 43.4 Å². The molecular formula is C22H33N5O2. The summed E-state index contributed by atoms with van der Waals surface area (Å²) < 4.78 is 13.0. The monoisotopic (exact) mass is 399 g/mol. The molecule has 0 amide bonds. The van der Waals surface area contributed by atoms with Gasteiger partial charge < -0.3 is 24.3 Å². The number of rotatable bonds is 7. The van der Waals surface area contributed by atoms with Gasteiger partial charge in [-0.25, -0.2) is 4.98 Å². The summed E-state index contributed by atoms with van der Waals surface area (Å²) in [7, 11) is 3.32. The second kappa shape index (κ2) is 10.2. The first-order valence-corrected chi connectivity index (χ1v) is 10.4. The molecule has 2 heterocycles. The Hall–Kier alpha value is -2.70. The van der Waals surface area contributed by atoms with Crippen molar-refractivity contribution >= 4 is 5.96 Å². The Morgan fingerprint density at radius 2 is 2.10 bits per heavy atom. The smallest absolute Gasteiger partial charge is 0.193 e. The van der Waals surface area contributed by atoms with E-state index in [4.69, 9.17) is 14.5 Å². The number of aromatic nitrogens is 2. The van der Waals surface area contributed by atoms with Gasteiger partial charge in [0.05, 0.1) is 26.6 Å². The Kier molecular flexibility index (Phi) is 7.38. The van der Waals surface area contributed by atoms with Gasteiger partial charge in [-0.2, -0.15) is 0 Å². The molecule has 1 aliphatic heterocycles. The van der Waals surface area contributed by atoms with Crippen molar-refractivity contribution < 1.29 is 9.47 Å². The molecule has 0 aliphatic carbocycles. The van der Waals surface area contributed by atoms with E-state index in [1.807, 2.05) is 24.7 Å².